The minimum absolute atomic E-state index is 0.833. The first-order valence-corrected chi connectivity index (χ1v) is 15.4. The molecule has 0 atom stereocenters. The summed E-state index contributed by atoms with van der Waals surface area (Å²) in [4.78, 5) is 0. The van der Waals surface area contributed by atoms with E-state index in [4.69, 9.17) is 0 Å². The predicted molar refractivity (Wildman–Crippen MR) is 186 cm³/mol. The van der Waals surface area contributed by atoms with E-state index in [1.165, 1.54) is 34.4 Å². The maximum absolute atomic E-state index is 2.17. The molecule has 38 heavy (non-hydrogen) atoms. The van der Waals surface area contributed by atoms with Crippen LogP contribution in [-0.4, -0.2) is 0 Å². The minimum atomic E-state index is 0.833. The lowest BCUT2D eigenvalue weighted by atomic mass is 10.1. The first-order valence-electron chi connectivity index (χ1n) is 15.4. The zero-order chi connectivity index (χ0) is 30.6. The highest BCUT2D eigenvalue weighted by atomic mass is 13.9. The lowest BCUT2D eigenvalue weighted by Crippen LogP contribution is -1.67. The molecule has 4 aromatic rings. The maximum Gasteiger partial charge on any atom is -0.0184 e. The van der Waals surface area contributed by atoms with Gasteiger partial charge in [0.05, 0.1) is 0 Å². The summed E-state index contributed by atoms with van der Waals surface area (Å²) in [6.07, 6.45) is 2.50. The van der Waals surface area contributed by atoms with Crippen LogP contribution < -0.4 is 0 Å². The monoisotopic (exact) mass is 523 g/mol. The average Bonchev–Trinajstić information content (AvgIpc) is 2.98. The van der Waals surface area contributed by atoms with Crippen LogP contribution in [0, 0.1) is 5.92 Å². The first-order chi connectivity index (χ1) is 18.5. The molecule has 0 N–H and O–H groups in total. The Morgan fingerprint density at radius 1 is 0.342 bits per heavy atom. The molecule has 0 bridgehead atoms. The van der Waals surface area contributed by atoms with Crippen molar-refractivity contribution in [2.24, 2.45) is 5.92 Å². The summed E-state index contributed by atoms with van der Waals surface area (Å²) in [5, 5.41) is 5.24. The fraction of sp³-hybridized carbons (Fsp3) is 0.474. The molecule has 0 heterocycles. The normalized spacial score (nSPS) is 7.79. The fourth-order valence-corrected chi connectivity index (χ4v) is 2.27. The molecule has 0 nitrogen and oxygen atoms in total. The average molecular weight is 523 g/mol. The largest absolute Gasteiger partial charge is 0.0683 e. The van der Waals surface area contributed by atoms with Gasteiger partial charge < -0.3 is 0 Å². The third kappa shape index (κ3) is 31.4. The van der Waals surface area contributed by atoms with Crippen molar-refractivity contribution >= 4 is 21.5 Å². The van der Waals surface area contributed by atoms with E-state index in [-0.39, 0.29) is 0 Å². The van der Waals surface area contributed by atoms with Crippen LogP contribution in [0.5, 0.6) is 0 Å². The Balaban J connectivity index is -0.000000121. The minimum Gasteiger partial charge on any atom is -0.0683 e. The van der Waals surface area contributed by atoms with Gasteiger partial charge in [0.1, 0.15) is 0 Å². The van der Waals surface area contributed by atoms with Gasteiger partial charge in [-0.1, -0.05) is 214 Å². The summed E-state index contributed by atoms with van der Waals surface area (Å²) in [7, 11) is 0. The van der Waals surface area contributed by atoms with Crippen LogP contribution >= 0.6 is 0 Å². The number of hydrogen-bond donors (Lipinski definition) is 0. The standard InChI is InChI=1S/2C10H8.C4H10.2C3H8.4C2H6/c2*1-2-6-10-8-4-3-7-9(10)5-1;1-4(2)3;2*1-3-2;4*1-2/h2*1-8H;4H,1-3H3;2*3H2,1-2H3;4*1-2H3. The van der Waals surface area contributed by atoms with Crippen molar-refractivity contribution in [3.63, 3.8) is 0 Å². The second-order valence-corrected chi connectivity index (χ2v) is 7.84. The summed E-state index contributed by atoms with van der Waals surface area (Å²) in [5.41, 5.74) is 0. The van der Waals surface area contributed by atoms with Gasteiger partial charge in [0.25, 0.3) is 0 Å². The van der Waals surface area contributed by atoms with Crippen LogP contribution in [0.25, 0.3) is 21.5 Å². The van der Waals surface area contributed by atoms with Crippen molar-refractivity contribution in [3.8, 4) is 0 Å². The lowest BCUT2D eigenvalue weighted by Gasteiger charge is -1.92. The Hall–Kier alpha value is -2.60. The fourth-order valence-electron chi connectivity index (χ4n) is 2.27. The Morgan fingerprint density at radius 3 is 0.500 bits per heavy atom. The molecule has 4 rings (SSSR count). The van der Waals surface area contributed by atoms with E-state index in [2.05, 4.69) is 146 Å². The third-order valence-electron chi connectivity index (χ3n) is 3.32. The Labute approximate surface area is 240 Å². The zero-order valence-electron chi connectivity index (χ0n) is 28.2. The number of rotatable bonds is 0. The molecule has 0 aliphatic heterocycles. The van der Waals surface area contributed by atoms with Gasteiger partial charge in [-0.05, 0) is 27.5 Å². The van der Waals surface area contributed by atoms with Gasteiger partial charge in [0, 0.05) is 0 Å². The van der Waals surface area contributed by atoms with Gasteiger partial charge >= 0.3 is 0 Å². The summed E-state index contributed by atoms with van der Waals surface area (Å²) < 4.78 is 0. The molecule has 0 amide bonds. The molecular weight excluding hydrogens is 456 g/mol. The molecule has 0 aromatic heterocycles. The van der Waals surface area contributed by atoms with E-state index in [0.29, 0.717) is 0 Å². The van der Waals surface area contributed by atoms with Gasteiger partial charge in [-0.25, -0.2) is 0 Å². The first kappa shape index (κ1) is 45.3. The molecule has 0 saturated carbocycles. The van der Waals surface area contributed by atoms with Gasteiger partial charge in [-0.15, -0.1) is 0 Å². The van der Waals surface area contributed by atoms with Crippen LogP contribution in [0.2, 0.25) is 0 Å². The molecule has 0 unspecified atom stereocenters. The Bertz CT molecular complexity index is 683. The molecule has 0 saturated heterocycles. The van der Waals surface area contributed by atoms with Crippen LogP contribution in [0.3, 0.4) is 0 Å². The molecule has 0 spiro atoms. The van der Waals surface area contributed by atoms with Gasteiger partial charge in [-0.3, -0.25) is 0 Å². The van der Waals surface area contributed by atoms with Gasteiger partial charge in [0.15, 0.2) is 0 Å². The van der Waals surface area contributed by atoms with Gasteiger partial charge in [-0.2, -0.15) is 0 Å². The van der Waals surface area contributed by atoms with Crippen LogP contribution in [0.1, 0.15) is 117 Å². The van der Waals surface area contributed by atoms with Crippen molar-refractivity contribution in [3.05, 3.63) is 97.1 Å². The second kappa shape index (κ2) is 41.5. The molecule has 0 fully saturated rings. The maximum atomic E-state index is 2.17. The predicted octanol–water partition coefficient (Wildman–Crippen LogP) is 14.3. The van der Waals surface area contributed by atoms with E-state index in [0.717, 1.165) is 5.92 Å². The number of hydrogen-bond acceptors (Lipinski definition) is 0. The van der Waals surface area contributed by atoms with Crippen molar-refractivity contribution < 1.29 is 0 Å². The molecule has 218 valence electrons. The summed E-state index contributed by atoms with van der Waals surface area (Å²) in [6.45, 7) is 31.0. The van der Waals surface area contributed by atoms with Crippen molar-refractivity contribution in [2.75, 3.05) is 0 Å². The van der Waals surface area contributed by atoms with E-state index in [1.54, 1.807) is 0 Å². The van der Waals surface area contributed by atoms with E-state index >= 15 is 0 Å². The molecular formula is C38H66. The van der Waals surface area contributed by atoms with Crippen molar-refractivity contribution in [1.82, 2.24) is 0 Å². The van der Waals surface area contributed by atoms with E-state index < -0.39 is 0 Å². The molecule has 0 aliphatic carbocycles. The quantitative estimate of drug-likeness (QED) is 0.215. The zero-order valence-corrected chi connectivity index (χ0v) is 28.2. The highest BCUT2D eigenvalue weighted by molar-refractivity contribution is 5.82. The van der Waals surface area contributed by atoms with Crippen molar-refractivity contribution in [2.45, 2.75) is 117 Å². The van der Waals surface area contributed by atoms with Crippen LogP contribution in [-0.2, 0) is 0 Å². The summed E-state index contributed by atoms with van der Waals surface area (Å²) in [6, 6.07) is 33.4. The molecule has 0 aliphatic rings. The highest BCUT2D eigenvalue weighted by Gasteiger charge is 1.86. The molecule has 0 heteroatoms. The summed E-state index contributed by atoms with van der Waals surface area (Å²) >= 11 is 0. The Morgan fingerprint density at radius 2 is 0.421 bits per heavy atom. The van der Waals surface area contributed by atoms with Gasteiger partial charge in [0.2, 0.25) is 0 Å². The SMILES string of the molecule is CC.CC.CC.CC.CC(C)C.CCC.CCC.c1ccc2ccccc2c1.c1ccc2ccccc2c1. The smallest absolute Gasteiger partial charge is 0.0184 e. The lowest BCUT2D eigenvalue weighted by molar-refractivity contribution is 0.737. The highest BCUT2D eigenvalue weighted by Crippen LogP contribution is 2.12. The topological polar surface area (TPSA) is 0 Å². The van der Waals surface area contributed by atoms with Crippen LogP contribution in [0.15, 0.2) is 97.1 Å². The van der Waals surface area contributed by atoms with Crippen LogP contribution in [0.4, 0.5) is 0 Å². The van der Waals surface area contributed by atoms with E-state index in [9.17, 15) is 0 Å². The molecule has 4 aromatic carbocycles. The van der Waals surface area contributed by atoms with E-state index in [1.807, 2.05) is 55.4 Å². The number of benzene rings is 4. The third-order valence-corrected chi connectivity index (χ3v) is 3.32. The van der Waals surface area contributed by atoms with Crippen molar-refractivity contribution in [1.29, 1.82) is 0 Å². The Kier molecular flexibility index (Phi) is 49.5. The number of fused-ring (bicyclic) bond motifs is 2. The second-order valence-electron chi connectivity index (χ2n) is 7.84. The molecule has 0 radical (unpaired) electrons. The summed E-state index contributed by atoms with van der Waals surface area (Å²) in [5.74, 6) is 0.833.